The van der Waals surface area contributed by atoms with Gasteiger partial charge in [0, 0.05) is 0 Å². The molecule has 0 spiro atoms. The van der Waals surface area contributed by atoms with Gasteiger partial charge in [-0.05, 0) is 86.1 Å². The van der Waals surface area contributed by atoms with Gasteiger partial charge < -0.3 is 17.5 Å². The van der Waals surface area contributed by atoms with Crippen molar-refractivity contribution < 1.29 is 26.2 Å². The Morgan fingerprint density at radius 3 is 0.739 bits per heavy atom. The maximum Gasteiger partial charge on any atom is 0.102 e. The van der Waals surface area contributed by atoms with Gasteiger partial charge in [-0.1, -0.05) is 116 Å². The van der Waals surface area contributed by atoms with Crippen molar-refractivity contribution in [2.45, 2.75) is 25.9 Å². The molecule has 0 saturated carbocycles. The van der Waals surface area contributed by atoms with Crippen LogP contribution in [0.2, 0.25) is 0 Å². The Hall–Kier alpha value is -3.61. The molecule has 6 aromatic carbocycles. The molecule has 4 heteroatoms. The zero-order valence-electron chi connectivity index (χ0n) is 26.3. The molecule has 6 aromatic rings. The molecule has 1 radical (unpaired) electrons. The zero-order chi connectivity index (χ0) is 31.7. The van der Waals surface area contributed by atoms with Gasteiger partial charge in [0.05, 0.1) is 21.4 Å². The van der Waals surface area contributed by atoms with E-state index < -0.39 is 21.4 Å². The summed E-state index contributed by atoms with van der Waals surface area (Å²) in [5.74, 6) is 2.00. The van der Waals surface area contributed by atoms with Crippen LogP contribution in [0.15, 0.2) is 182 Å². The van der Waals surface area contributed by atoms with Crippen LogP contribution in [0.5, 0.6) is 0 Å². The Kier molecular flexibility index (Phi) is 15.9. The third kappa shape index (κ3) is 11.3. The molecule has 46 heavy (non-hydrogen) atoms. The van der Waals surface area contributed by atoms with Gasteiger partial charge in [-0.25, -0.2) is 0 Å². The summed E-state index contributed by atoms with van der Waals surface area (Å²) in [4.78, 5) is 0. The van der Waals surface area contributed by atoms with Crippen LogP contribution in [0.4, 0.5) is 0 Å². The SMILES string of the molecule is [C-]#CC(C)(O)CC.[PtH+].c1ccc([PH+](c2ccccc2)c2ccccc2)cc1.c1ccc([PH+](c2ccccc2)c2ccccc2)cc1. The van der Waals surface area contributed by atoms with Gasteiger partial charge in [0.1, 0.15) is 31.8 Å². The predicted octanol–water partition coefficient (Wildman–Crippen LogP) is 6.82. The van der Waals surface area contributed by atoms with Crippen LogP contribution in [0.1, 0.15) is 20.3 Å². The standard InChI is InChI=1S/2C18H15P.C6H9O.Pt.H/c2*1-4-10-16(11-5-1)19(17-12-6-2-7-13-17)18-14-8-3-9-15-18;1-4-6(3,7)5-2;;/h2*1-15H;7H,4H2,1,3H3;;/q;;-1;+1;/p+2. The summed E-state index contributed by atoms with van der Waals surface area (Å²) in [7, 11) is -1.75. The predicted molar refractivity (Wildman–Crippen MR) is 203 cm³/mol. The van der Waals surface area contributed by atoms with E-state index in [-0.39, 0.29) is 21.1 Å². The van der Waals surface area contributed by atoms with Crippen molar-refractivity contribution in [2.24, 2.45) is 0 Å². The normalized spacial score (nSPS) is 11.4. The molecule has 1 unspecified atom stereocenters. The van der Waals surface area contributed by atoms with E-state index in [9.17, 15) is 0 Å². The first-order chi connectivity index (χ1) is 22.0. The van der Waals surface area contributed by atoms with Crippen LogP contribution < -0.4 is 31.8 Å². The molecule has 0 aliphatic heterocycles. The molecular formula is C42H42OP2Pt+2. The number of aliphatic hydroxyl groups is 1. The Morgan fingerprint density at radius 1 is 0.457 bits per heavy atom. The van der Waals surface area contributed by atoms with Crippen molar-refractivity contribution in [2.75, 3.05) is 0 Å². The summed E-state index contributed by atoms with van der Waals surface area (Å²) >= 11 is 0. The zero-order valence-corrected chi connectivity index (χ0v) is 30.7. The van der Waals surface area contributed by atoms with Crippen LogP contribution in [0.3, 0.4) is 0 Å². The van der Waals surface area contributed by atoms with Crippen LogP contribution in [0, 0.1) is 12.3 Å². The summed E-state index contributed by atoms with van der Waals surface area (Å²) in [5.41, 5.74) is -1.00. The van der Waals surface area contributed by atoms with E-state index >= 15 is 0 Å². The summed E-state index contributed by atoms with van der Waals surface area (Å²) < 4.78 is 0. The molecule has 0 saturated heterocycles. The fourth-order valence-corrected chi connectivity index (χ4v) is 9.87. The minimum absolute atomic E-state index is 0. The third-order valence-corrected chi connectivity index (χ3v) is 12.8. The summed E-state index contributed by atoms with van der Waals surface area (Å²) in [6.45, 7) is 3.36. The van der Waals surface area contributed by atoms with Crippen molar-refractivity contribution in [1.82, 2.24) is 0 Å². The minimum Gasteiger partial charge on any atom is -0.0620 e. The third-order valence-electron chi connectivity index (χ3n) is 7.33. The van der Waals surface area contributed by atoms with Crippen molar-refractivity contribution >= 4 is 47.7 Å². The van der Waals surface area contributed by atoms with E-state index in [2.05, 4.69) is 182 Å². The first kappa shape index (κ1) is 36.9. The molecule has 0 aromatic heterocycles. The monoisotopic (exact) mass is 819 g/mol. The van der Waals surface area contributed by atoms with Crippen molar-refractivity contribution in [3.05, 3.63) is 188 Å². The van der Waals surface area contributed by atoms with Crippen molar-refractivity contribution in [3.8, 4) is 5.92 Å². The first-order valence-corrected chi connectivity index (χ1v) is 18.2. The maximum atomic E-state index is 8.83. The quantitative estimate of drug-likeness (QED) is 0.107. The number of hydrogen-bond acceptors (Lipinski definition) is 1. The molecule has 234 valence electrons. The average Bonchev–Trinajstić information content (AvgIpc) is 3.12. The van der Waals surface area contributed by atoms with Gasteiger partial charge in [0.2, 0.25) is 0 Å². The number of rotatable bonds is 7. The molecule has 0 aliphatic carbocycles. The minimum atomic E-state index is -1.00. The molecule has 0 fully saturated rings. The second kappa shape index (κ2) is 19.8. The molecular weight excluding hydrogens is 777 g/mol. The number of benzene rings is 6. The van der Waals surface area contributed by atoms with Gasteiger partial charge in [0.15, 0.2) is 0 Å². The fourth-order valence-electron chi connectivity index (χ4n) is 4.72. The van der Waals surface area contributed by atoms with E-state index in [4.69, 9.17) is 11.5 Å². The topological polar surface area (TPSA) is 20.2 Å². The Morgan fingerprint density at radius 2 is 0.630 bits per heavy atom. The first-order valence-electron chi connectivity index (χ1n) is 15.2. The van der Waals surface area contributed by atoms with Gasteiger partial charge in [-0.15, -0.1) is 0 Å². The largest absolute Gasteiger partial charge is 0.102 e. The molecule has 0 aliphatic rings. The second-order valence-electron chi connectivity index (χ2n) is 10.7. The van der Waals surface area contributed by atoms with E-state index in [0.717, 1.165) is 0 Å². The van der Waals surface area contributed by atoms with Crippen molar-refractivity contribution in [3.63, 3.8) is 0 Å². The van der Waals surface area contributed by atoms with Gasteiger partial charge in [0.25, 0.3) is 0 Å². The smallest absolute Gasteiger partial charge is 0.0620 e. The molecule has 0 amide bonds. The van der Waals surface area contributed by atoms with Crippen LogP contribution in [-0.2, 0) is 21.1 Å². The Balaban J connectivity index is 0.000000205. The molecule has 1 atom stereocenters. The Bertz CT molecular complexity index is 1390. The van der Waals surface area contributed by atoms with Crippen LogP contribution in [-0.4, -0.2) is 10.7 Å². The molecule has 0 heterocycles. The average molecular weight is 820 g/mol. The Labute approximate surface area is 292 Å². The summed E-state index contributed by atoms with van der Waals surface area (Å²) in [5, 5.41) is 17.4. The maximum absolute atomic E-state index is 8.83. The van der Waals surface area contributed by atoms with E-state index in [1.165, 1.54) is 31.8 Å². The molecule has 1 N–H and O–H groups in total. The van der Waals surface area contributed by atoms with E-state index in [1.807, 2.05) is 12.8 Å². The molecule has 1 nitrogen and oxygen atoms in total. The van der Waals surface area contributed by atoms with E-state index in [0.29, 0.717) is 6.42 Å². The van der Waals surface area contributed by atoms with Crippen LogP contribution >= 0.6 is 15.8 Å². The van der Waals surface area contributed by atoms with Gasteiger partial charge >= 0.3 is 21.1 Å². The fraction of sp³-hybridized carbons (Fsp3) is 0.0952. The van der Waals surface area contributed by atoms with Gasteiger partial charge in [-0.2, -0.15) is 0 Å². The number of hydrogen-bond donors (Lipinski definition) is 1. The van der Waals surface area contributed by atoms with E-state index in [1.54, 1.807) is 6.92 Å². The van der Waals surface area contributed by atoms with Crippen LogP contribution in [0.25, 0.3) is 0 Å². The summed E-state index contributed by atoms with van der Waals surface area (Å²) in [6, 6.07) is 65.0. The van der Waals surface area contributed by atoms with Crippen molar-refractivity contribution in [1.29, 1.82) is 0 Å². The molecule has 6 rings (SSSR count). The second-order valence-corrected chi connectivity index (χ2v) is 15.7. The summed E-state index contributed by atoms with van der Waals surface area (Å²) in [6.07, 6.45) is 7.06. The molecule has 0 bridgehead atoms. The van der Waals surface area contributed by atoms with Gasteiger partial charge in [-0.3, -0.25) is 0 Å².